The summed E-state index contributed by atoms with van der Waals surface area (Å²) in [5.41, 5.74) is 11.2. The van der Waals surface area contributed by atoms with Gasteiger partial charge in [0.2, 0.25) is 17.7 Å². The Balaban J connectivity index is 4.74. The SMILES string of the molecule is CC(NC(=O)C(CS)NC(=O)C(N)CCCCN)C(=O)NC(CCC(=O)O)C(=O)O. The van der Waals surface area contributed by atoms with Crippen LogP contribution in [-0.2, 0) is 24.0 Å². The number of hydrogen-bond acceptors (Lipinski definition) is 8. The number of unbranched alkanes of at least 4 members (excludes halogenated alkanes) is 1. The number of carbonyl (C=O) groups excluding carboxylic acids is 3. The molecule has 13 heteroatoms. The number of rotatable bonds is 15. The molecule has 0 aromatic carbocycles. The number of thiol groups is 1. The minimum absolute atomic E-state index is 0.0577. The minimum Gasteiger partial charge on any atom is -0.481 e. The Kier molecular flexibility index (Phi) is 13.4. The number of aliphatic carboxylic acids is 2. The fourth-order valence-electron chi connectivity index (χ4n) is 2.31. The molecule has 9 N–H and O–H groups in total. The average molecular weight is 450 g/mol. The molecule has 3 amide bonds. The molecule has 0 aliphatic carbocycles. The monoisotopic (exact) mass is 449 g/mol. The quantitative estimate of drug-likeness (QED) is 0.100. The fraction of sp³-hybridized carbons (Fsp3) is 0.706. The zero-order chi connectivity index (χ0) is 23.3. The van der Waals surface area contributed by atoms with Crippen molar-refractivity contribution in [3.8, 4) is 0 Å². The van der Waals surface area contributed by atoms with E-state index in [2.05, 4.69) is 28.6 Å². The van der Waals surface area contributed by atoms with Crippen molar-refractivity contribution in [2.24, 2.45) is 11.5 Å². The molecule has 4 unspecified atom stereocenters. The Morgan fingerprint density at radius 2 is 1.50 bits per heavy atom. The van der Waals surface area contributed by atoms with Gasteiger partial charge in [0.25, 0.3) is 0 Å². The van der Waals surface area contributed by atoms with Crippen LogP contribution in [0.4, 0.5) is 0 Å². The second-order valence-electron chi connectivity index (χ2n) is 6.70. The van der Waals surface area contributed by atoms with Crippen LogP contribution < -0.4 is 27.4 Å². The summed E-state index contributed by atoms with van der Waals surface area (Å²) in [6.45, 7) is 1.80. The Morgan fingerprint density at radius 1 is 0.900 bits per heavy atom. The number of amides is 3. The molecule has 0 bridgehead atoms. The molecule has 172 valence electrons. The highest BCUT2D eigenvalue weighted by Crippen LogP contribution is 2.01. The second-order valence-corrected chi connectivity index (χ2v) is 7.06. The van der Waals surface area contributed by atoms with E-state index in [1.807, 2.05) is 0 Å². The van der Waals surface area contributed by atoms with Crippen LogP contribution >= 0.6 is 12.6 Å². The van der Waals surface area contributed by atoms with Crippen LogP contribution in [0.2, 0.25) is 0 Å². The van der Waals surface area contributed by atoms with Gasteiger partial charge in [-0.1, -0.05) is 6.42 Å². The molecule has 0 aromatic rings. The second kappa shape index (κ2) is 14.6. The van der Waals surface area contributed by atoms with Crippen LogP contribution in [0.15, 0.2) is 0 Å². The maximum absolute atomic E-state index is 12.3. The lowest BCUT2D eigenvalue weighted by Gasteiger charge is -2.22. The first-order chi connectivity index (χ1) is 14.0. The smallest absolute Gasteiger partial charge is 0.326 e. The number of nitrogens with one attached hydrogen (secondary N) is 3. The van der Waals surface area contributed by atoms with Crippen molar-refractivity contribution in [1.29, 1.82) is 0 Å². The van der Waals surface area contributed by atoms with Gasteiger partial charge in [-0.2, -0.15) is 12.6 Å². The number of carboxylic acids is 2. The van der Waals surface area contributed by atoms with E-state index >= 15 is 0 Å². The molecule has 0 heterocycles. The van der Waals surface area contributed by atoms with Crippen LogP contribution in [0, 0.1) is 0 Å². The van der Waals surface area contributed by atoms with Gasteiger partial charge < -0.3 is 37.6 Å². The van der Waals surface area contributed by atoms with Crippen LogP contribution in [0.25, 0.3) is 0 Å². The van der Waals surface area contributed by atoms with Crippen LogP contribution in [0.5, 0.6) is 0 Å². The predicted octanol–water partition coefficient (Wildman–Crippen LogP) is -2.20. The lowest BCUT2D eigenvalue weighted by molar-refractivity contribution is -0.143. The van der Waals surface area contributed by atoms with Crippen molar-refractivity contribution >= 4 is 42.3 Å². The van der Waals surface area contributed by atoms with Gasteiger partial charge in [-0.25, -0.2) is 4.79 Å². The van der Waals surface area contributed by atoms with Crippen molar-refractivity contribution in [2.45, 2.75) is 63.2 Å². The summed E-state index contributed by atoms with van der Waals surface area (Å²) in [5.74, 6) is -4.72. The highest BCUT2D eigenvalue weighted by atomic mass is 32.1. The highest BCUT2D eigenvalue weighted by molar-refractivity contribution is 7.80. The molecule has 0 saturated heterocycles. The standard InChI is InChI=1S/C17H31N5O7S/c1-9(14(25)21-11(17(28)29)5-6-13(23)24)20-16(27)12(8-30)22-15(26)10(19)4-2-3-7-18/h9-12,30H,2-8,18-19H2,1H3,(H,20,27)(H,21,25)(H,22,26)(H,23,24)(H,28,29). The molecule has 4 atom stereocenters. The molecule has 0 aliphatic heterocycles. The van der Waals surface area contributed by atoms with Crippen molar-refractivity contribution < 1.29 is 34.2 Å². The van der Waals surface area contributed by atoms with E-state index < -0.39 is 60.2 Å². The normalized spacial score (nSPS) is 14.7. The van der Waals surface area contributed by atoms with Crippen molar-refractivity contribution in [2.75, 3.05) is 12.3 Å². The third-order valence-corrected chi connectivity index (χ3v) is 4.50. The Bertz CT molecular complexity index is 619. The molecule has 0 spiro atoms. The van der Waals surface area contributed by atoms with E-state index in [4.69, 9.17) is 21.7 Å². The van der Waals surface area contributed by atoms with Gasteiger partial charge in [-0.05, 0) is 32.7 Å². The summed E-state index contributed by atoms with van der Waals surface area (Å²) in [5, 5.41) is 24.7. The van der Waals surface area contributed by atoms with E-state index in [-0.39, 0.29) is 12.2 Å². The van der Waals surface area contributed by atoms with E-state index in [0.717, 1.165) is 0 Å². The molecule has 0 radical (unpaired) electrons. The zero-order valence-electron chi connectivity index (χ0n) is 16.8. The summed E-state index contributed by atoms with van der Waals surface area (Å²) in [6.07, 6.45) is 1.02. The fourth-order valence-corrected chi connectivity index (χ4v) is 2.57. The van der Waals surface area contributed by atoms with E-state index in [9.17, 15) is 24.0 Å². The number of carboxylic acid groups (broad SMARTS) is 2. The maximum atomic E-state index is 12.3. The van der Waals surface area contributed by atoms with Crippen LogP contribution in [0.3, 0.4) is 0 Å². The van der Waals surface area contributed by atoms with E-state index in [0.29, 0.717) is 25.8 Å². The van der Waals surface area contributed by atoms with Crippen LogP contribution in [0.1, 0.15) is 39.0 Å². The van der Waals surface area contributed by atoms with E-state index in [1.54, 1.807) is 0 Å². The molecular formula is C17H31N5O7S. The van der Waals surface area contributed by atoms with Crippen LogP contribution in [-0.4, -0.2) is 76.3 Å². The zero-order valence-corrected chi connectivity index (χ0v) is 17.7. The lowest BCUT2D eigenvalue weighted by Crippen LogP contribution is -2.56. The first-order valence-electron chi connectivity index (χ1n) is 9.45. The third kappa shape index (κ3) is 11.0. The van der Waals surface area contributed by atoms with Gasteiger partial charge in [0, 0.05) is 12.2 Å². The minimum atomic E-state index is -1.42. The molecule has 0 rings (SSSR count). The largest absolute Gasteiger partial charge is 0.481 e. The lowest BCUT2D eigenvalue weighted by atomic mass is 10.1. The number of carbonyl (C=O) groups is 5. The van der Waals surface area contributed by atoms with Gasteiger partial charge in [0.05, 0.1) is 6.04 Å². The Labute approximate surface area is 179 Å². The summed E-state index contributed by atoms with van der Waals surface area (Å²) >= 11 is 4.02. The molecule has 12 nitrogen and oxygen atoms in total. The van der Waals surface area contributed by atoms with Crippen molar-refractivity contribution in [1.82, 2.24) is 16.0 Å². The molecule has 0 saturated carbocycles. The topological polar surface area (TPSA) is 214 Å². The molecular weight excluding hydrogens is 418 g/mol. The Hall–Kier alpha value is -2.38. The predicted molar refractivity (Wildman–Crippen MR) is 111 cm³/mol. The molecule has 0 aromatic heterocycles. The van der Waals surface area contributed by atoms with Gasteiger partial charge in [0.15, 0.2) is 0 Å². The van der Waals surface area contributed by atoms with Crippen molar-refractivity contribution in [3.05, 3.63) is 0 Å². The first kappa shape index (κ1) is 27.6. The van der Waals surface area contributed by atoms with Gasteiger partial charge in [0.1, 0.15) is 18.1 Å². The van der Waals surface area contributed by atoms with Crippen molar-refractivity contribution in [3.63, 3.8) is 0 Å². The third-order valence-electron chi connectivity index (χ3n) is 4.14. The summed E-state index contributed by atoms with van der Waals surface area (Å²) in [7, 11) is 0. The summed E-state index contributed by atoms with van der Waals surface area (Å²) < 4.78 is 0. The van der Waals surface area contributed by atoms with Gasteiger partial charge >= 0.3 is 11.9 Å². The first-order valence-corrected chi connectivity index (χ1v) is 10.1. The summed E-state index contributed by atoms with van der Waals surface area (Å²) in [4.78, 5) is 58.3. The summed E-state index contributed by atoms with van der Waals surface area (Å²) in [6, 6.07) is -4.43. The highest BCUT2D eigenvalue weighted by Gasteiger charge is 2.27. The molecule has 0 aliphatic rings. The number of nitrogens with two attached hydrogens (primary N) is 2. The van der Waals surface area contributed by atoms with Gasteiger partial charge in [-0.3, -0.25) is 19.2 Å². The van der Waals surface area contributed by atoms with E-state index in [1.165, 1.54) is 6.92 Å². The molecule has 30 heavy (non-hydrogen) atoms. The maximum Gasteiger partial charge on any atom is 0.326 e. The number of hydrogen-bond donors (Lipinski definition) is 8. The average Bonchev–Trinajstić information content (AvgIpc) is 2.68. The Morgan fingerprint density at radius 3 is 2.00 bits per heavy atom. The molecule has 0 fully saturated rings. The van der Waals surface area contributed by atoms with Gasteiger partial charge in [-0.15, -0.1) is 0 Å².